The van der Waals surface area contributed by atoms with Gasteiger partial charge in [-0.2, -0.15) is 0 Å². The van der Waals surface area contributed by atoms with E-state index in [1.54, 1.807) is 0 Å². The minimum atomic E-state index is 0.0293. The lowest BCUT2D eigenvalue weighted by atomic mass is 9.45. The van der Waals surface area contributed by atoms with Crippen molar-refractivity contribution >= 4 is 28.6 Å². The van der Waals surface area contributed by atoms with Crippen LogP contribution in [0, 0.1) is 69.5 Å². The first-order chi connectivity index (χ1) is 15.0. The average molecular weight is 547 g/mol. The van der Waals surface area contributed by atoms with Crippen LogP contribution in [-0.2, 0) is 16.1 Å². The fourth-order valence-corrected chi connectivity index (χ4v) is 11.5. The molecule has 6 rings (SSSR count). The Morgan fingerprint density at radius 3 is 2.47 bits per heavy atom. The molecule has 3 heteroatoms. The molecule has 0 heterocycles. The van der Waals surface area contributed by atoms with Crippen molar-refractivity contribution in [1.29, 1.82) is 0 Å². The molecule has 5 saturated carbocycles. The summed E-state index contributed by atoms with van der Waals surface area (Å²) in [6.45, 7) is 15.5. The van der Waals surface area contributed by atoms with E-state index in [9.17, 15) is 4.79 Å². The van der Waals surface area contributed by atoms with Crippen molar-refractivity contribution in [2.75, 3.05) is 0 Å². The topological polar surface area (TPSA) is 26.3 Å². The number of esters is 1. The van der Waals surface area contributed by atoms with Gasteiger partial charge in [0.2, 0.25) is 0 Å². The zero-order valence-corrected chi connectivity index (χ0v) is 22.6. The van der Waals surface area contributed by atoms with Gasteiger partial charge in [-0.15, -0.1) is 0 Å². The highest BCUT2D eigenvalue weighted by molar-refractivity contribution is 14.1. The largest absolute Gasteiger partial charge is 0.461 e. The Kier molecular flexibility index (Phi) is 4.63. The van der Waals surface area contributed by atoms with Gasteiger partial charge < -0.3 is 4.74 Å². The highest BCUT2D eigenvalue weighted by atomic mass is 127. The molecule has 2 bridgehead atoms. The zero-order chi connectivity index (χ0) is 22.8. The molecule has 0 radical (unpaired) electrons. The van der Waals surface area contributed by atoms with Crippen molar-refractivity contribution in [2.45, 2.75) is 64.9 Å². The van der Waals surface area contributed by atoms with E-state index in [1.807, 2.05) is 30.3 Å². The molecule has 12 atom stereocenters. The van der Waals surface area contributed by atoms with Gasteiger partial charge in [-0.3, -0.25) is 4.79 Å². The molecule has 2 nitrogen and oxygen atoms in total. The molecule has 174 valence electrons. The van der Waals surface area contributed by atoms with Crippen LogP contribution in [0.4, 0.5) is 0 Å². The number of fused-ring (bicyclic) bond motifs is 10. The Balaban J connectivity index is 1.31. The van der Waals surface area contributed by atoms with E-state index >= 15 is 0 Å². The standard InChI is InChI=1S/C29H39IO2/c1-15-19-13-28(19,6)24-18(12-20(31)32-14-17-10-8-7-9-11-17)23(15)29(27(3,4)5)25-21(16(2)30)22(25)26(24)29/h7-11,15-16,18-19,21-26H,12-14H2,1-6H3. The van der Waals surface area contributed by atoms with Crippen LogP contribution >= 0.6 is 22.6 Å². The van der Waals surface area contributed by atoms with Gasteiger partial charge in [0, 0.05) is 10.3 Å². The van der Waals surface area contributed by atoms with Gasteiger partial charge in [0.25, 0.3) is 0 Å². The molecule has 0 amide bonds. The van der Waals surface area contributed by atoms with Gasteiger partial charge in [-0.25, -0.2) is 0 Å². The van der Waals surface area contributed by atoms with E-state index in [0.29, 0.717) is 41.1 Å². The van der Waals surface area contributed by atoms with Gasteiger partial charge in [-0.1, -0.05) is 94.5 Å². The van der Waals surface area contributed by atoms with E-state index in [0.717, 1.165) is 50.9 Å². The van der Waals surface area contributed by atoms with Crippen LogP contribution in [0.15, 0.2) is 30.3 Å². The van der Waals surface area contributed by atoms with E-state index in [-0.39, 0.29) is 5.97 Å². The maximum Gasteiger partial charge on any atom is 0.306 e. The SMILES string of the molecule is CC(I)C1C2C1C1(C(C)(C)C)C3C(C)C4CC4(C)C(C3CC(=O)OCc3ccccc3)C21. The normalized spacial score (nSPS) is 50.4. The summed E-state index contributed by atoms with van der Waals surface area (Å²) in [4.78, 5) is 13.2. The van der Waals surface area contributed by atoms with Crippen molar-refractivity contribution in [3.63, 3.8) is 0 Å². The van der Waals surface area contributed by atoms with Gasteiger partial charge in [0.1, 0.15) is 6.61 Å². The predicted octanol–water partition coefficient (Wildman–Crippen LogP) is 7.01. The van der Waals surface area contributed by atoms with Crippen LogP contribution in [0.3, 0.4) is 0 Å². The molecule has 0 N–H and O–H groups in total. The molecule has 1 aromatic rings. The van der Waals surface area contributed by atoms with Crippen molar-refractivity contribution in [1.82, 2.24) is 0 Å². The number of hydrogen-bond acceptors (Lipinski definition) is 2. The fourth-order valence-electron chi connectivity index (χ4n) is 10.6. The minimum Gasteiger partial charge on any atom is -0.461 e. The smallest absolute Gasteiger partial charge is 0.306 e. The number of alkyl halides is 1. The maximum atomic E-state index is 13.2. The van der Waals surface area contributed by atoms with Crippen molar-refractivity contribution in [3.8, 4) is 0 Å². The molecule has 32 heavy (non-hydrogen) atoms. The summed E-state index contributed by atoms with van der Waals surface area (Å²) in [5, 5.41) is 0. The summed E-state index contributed by atoms with van der Waals surface area (Å²) in [5.74, 6) is 7.10. The average Bonchev–Trinajstić information content (AvgIpc) is 3.57. The molecule has 0 aliphatic heterocycles. The van der Waals surface area contributed by atoms with Gasteiger partial charge in [-0.05, 0) is 81.5 Å². The lowest BCUT2D eigenvalue weighted by molar-refractivity contribution is -0.149. The van der Waals surface area contributed by atoms with Crippen LogP contribution < -0.4 is 0 Å². The summed E-state index contributed by atoms with van der Waals surface area (Å²) in [6, 6.07) is 10.1. The number of carbonyl (C=O) groups is 1. The second kappa shape index (κ2) is 6.76. The molecule has 1 aromatic carbocycles. The Hall–Kier alpha value is -0.580. The molecule has 0 spiro atoms. The molecule has 5 fully saturated rings. The molecule has 0 saturated heterocycles. The van der Waals surface area contributed by atoms with Gasteiger partial charge >= 0.3 is 5.97 Å². The first-order valence-corrected chi connectivity index (χ1v) is 14.1. The number of ether oxygens (including phenoxy) is 1. The fraction of sp³-hybridized carbons (Fsp3) is 0.759. The Morgan fingerprint density at radius 1 is 1.16 bits per heavy atom. The summed E-state index contributed by atoms with van der Waals surface area (Å²) in [5.41, 5.74) is 2.27. The molecule has 5 aliphatic carbocycles. The van der Waals surface area contributed by atoms with Crippen LogP contribution in [0.1, 0.15) is 59.9 Å². The Bertz CT molecular complexity index is 934. The van der Waals surface area contributed by atoms with Crippen LogP contribution in [0.5, 0.6) is 0 Å². The van der Waals surface area contributed by atoms with E-state index in [4.69, 9.17) is 4.74 Å². The highest BCUT2D eigenvalue weighted by Gasteiger charge is 2.91. The second-order valence-corrected chi connectivity index (χ2v) is 15.3. The van der Waals surface area contributed by atoms with Crippen LogP contribution in [0.2, 0.25) is 0 Å². The van der Waals surface area contributed by atoms with Crippen LogP contribution in [0.25, 0.3) is 0 Å². The number of halogens is 1. The Morgan fingerprint density at radius 2 is 1.84 bits per heavy atom. The summed E-state index contributed by atoms with van der Waals surface area (Å²) < 4.78 is 6.60. The molecule has 12 unspecified atom stereocenters. The summed E-state index contributed by atoms with van der Waals surface area (Å²) in [7, 11) is 0. The lowest BCUT2D eigenvalue weighted by Crippen LogP contribution is -2.55. The predicted molar refractivity (Wildman–Crippen MR) is 136 cm³/mol. The quantitative estimate of drug-likeness (QED) is 0.226. The minimum absolute atomic E-state index is 0.0293. The van der Waals surface area contributed by atoms with Crippen molar-refractivity contribution in [2.24, 2.45) is 69.5 Å². The third kappa shape index (κ3) is 2.56. The number of rotatable bonds is 5. The number of carbonyl (C=O) groups excluding carboxylic acids is 1. The Labute approximate surface area is 207 Å². The maximum absolute atomic E-state index is 13.2. The molecular weight excluding hydrogens is 507 g/mol. The van der Waals surface area contributed by atoms with E-state index in [1.165, 1.54) is 6.42 Å². The van der Waals surface area contributed by atoms with Crippen LogP contribution in [-0.4, -0.2) is 9.89 Å². The summed E-state index contributed by atoms with van der Waals surface area (Å²) in [6.07, 6.45) is 2.02. The van der Waals surface area contributed by atoms with Gasteiger partial charge in [0.05, 0.1) is 0 Å². The molecule has 5 aliphatic rings. The van der Waals surface area contributed by atoms with Crippen molar-refractivity contribution < 1.29 is 9.53 Å². The van der Waals surface area contributed by atoms with Crippen molar-refractivity contribution in [3.05, 3.63) is 35.9 Å². The highest BCUT2D eigenvalue weighted by Crippen LogP contribution is 2.94. The van der Waals surface area contributed by atoms with E-state index < -0.39 is 0 Å². The first kappa shape index (κ1) is 21.9. The monoisotopic (exact) mass is 546 g/mol. The zero-order valence-electron chi connectivity index (χ0n) is 20.5. The lowest BCUT2D eigenvalue weighted by Gasteiger charge is -2.59. The third-order valence-electron chi connectivity index (χ3n) is 11.3. The number of hydrogen-bond donors (Lipinski definition) is 0. The molecule has 0 aromatic heterocycles. The number of benzene rings is 1. The summed E-state index contributed by atoms with van der Waals surface area (Å²) >= 11 is 2.70. The van der Waals surface area contributed by atoms with E-state index in [2.05, 4.69) is 64.1 Å². The third-order valence-corrected chi connectivity index (χ3v) is 12.1. The second-order valence-electron chi connectivity index (χ2n) is 13.3. The molecular formula is C29H39IO2. The van der Waals surface area contributed by atoms with Gasteiger partial charge in [0.15, 0.2) is 0 Å². The first-order valence-electron chi connectivity index (χ1n) is 12.9.